The van der Waals surface area contributed by atoms with Gasteiger partial charge in [-0.15, -0.1) is 0 Å². The molecule has 40 heavy (non-hydrogen) atoms. The fraction of sp³-hybridized carbons (Fsp3) is 0.500. The minimum absolute atomic E-state index is 0.557. The fourth-order valence-electron chi connectivity index (χ4n) is 5.15. The first-order valence-corrected chi connectivity index (χ1v) is 17.2. The first-order chi connectivity index (χ1) is 19.4. The zero-order valence-electron chi connectivity index (χ0n) is 25.4. The normalized spacial score (nSPS) is 11.5. The molecule has 0 aromatic heterocycles. The quantitative estimate of drug-likeness (QED) is 0.108. The lowest BCUT2D eigenvalue weighted by atomic mass is 10.0. The first kappa shape index (κ1) is 32.0. The molecule has 0 atom stereocenters. The topological polar surface area (TPSA) is 35.5 Å². The largest absolute Gasteiger partial charge is 0.462 e. The lowest BCUT2D eigenvalue weighted by Gasteiger charge is -2.22. The predicted octanol–water partition coefficient (Wildman–Crippen LogP) is 11.1. The van der Waals surface area contributed by atoms with E-state index >= 15 is 0 Å². The van der Waals surface area contributed by atoms with Crippen LogP contribution in [0.3, 0.4) is 0 Å². The molecule has 0 aliphatic carbocycles. The summed E-state index contributed by atoms with van der Waals surface area (Å²) in [6.07, 6.45) is 17.6. The van der Waals surface area contributed by atoms with E-state index in [1.807, 2.05) is 56.3 Å². The van der Waals surface area contributed by atoms with Crippen molar-refractivity contribution in [1.82, 2.24) is 0 Å². The third-order valence-electron chi connectivity index (χ3n) is 7.63. The summed E-state index contributed by atoms with van der Waals surface area (Å²) < 4.78 is 26.9. The van der Waals surface area contributed by atoms with Crippen LogP contribution in [0.15, 0.2) is 66.7 Å². The number of benzene rings is 3. The van der Waals surface area contributed by atoms with E-state index in [2.05, 4.69) is 38.1 Å². The van der Waals surface area contributed by atoms with Crippen LogP contribution in [0, 0.1) is 13.8 Å². The molecule has 0 aliphatic heterocycles. The third-order valence-corrected chi connectivity index (χ3v) is 9.43. The van der Waals surface area contributed by atoms with Gasteiger partial charge in [0.1, 0.15) is 11.5 Å². The van der Waals surface area contributed by atoms with Crippen molar-refractivity contribution in [1.29, 1.82) is 0 Å². The molecule has 3 rings (SSSR count). The lowest BCUT2D eigenvalue weighted by molar-refractivity contribution is 0.397. The molecular formula is C36H51O3P. The monoisotopic (exact) mass is 562 g/mol. The predicted molar refractivity (Wildman–Crippen MR) is 171 cm³/mol. The Balaban J connectivity index is 1.68. The second kappa shape index (κ2) is 17.3. The average molecular weight is 563 g/mol. The van der Waals surface area contributed by atoms with Crippen molar-refractivity contribution in [2.75, 3.05) is 0 Å². The summed E-state index contributed by atoms with van der Waals surface area (Å²) >= 11 is 0. The van der Waals surface area contributed by atoms with Crippen molar-refractivity contribution in [2.45, 2.75) is 118 Å². The Labute approximate surface area is 244 Å². The third kappa shape index (κ3) is 10.5. The molecule has 0 saturated heterocycles. The van der Waals surface area contributed by atoms with Gasteiger partial charge >= 0.3 is 7.60 Å². The maximum absolute atomic E-state index is 14.4. The smallest absolute Gasteiger partial charge is 0.413 e. The van der Waals surface area contributed by atoms with Crippen LogP contribution in [0.5, 0.6) is 11.5 Å². The molecule has 0 spiro atoms. The van der Waals surface area contributed by atoms with Gasteiger partial charge in [-0.1, -0.05) is 121 Å². The van der Waals surface area contributed by atoms with Crippen LogP contribution in [0.25, 0.3) is 0 Å². The average Bonchev–Trinajstić information content (AvgIpc) is 2.96. The highest BCUT2D eigenvalue weighted by Gasteiger charge is 2.32. The summed E-state index contributed by atoms with van der Waals surface area (Å²) in [7, 11) is -3.67. The van der Waals surface area contributed by atoms with Gasteiger partial charge in [-0.2, -0.15) is 0 Å². The van der Waals surface area contributed by atoms with E-state index in [4.69, 9.17) is 9.05 Å². The van der Waals surface area contributed by atoms with E-state index in [0.29, 0.717) is 16.8 Å². The molecule has 0 saturated carbocycles. The molecule has 0 amide bonds. The Kier molecular flexibility index (Phi) is 13.9. The number of hydrogen-bond acceptors (Lipinski definition) is 3. The summed E-state index contributed by atoms with van der Waals surface area (Å²) in [6.45, 7) is 8.56. The van der Waals surface area contributed by atoms with Crippen molar-refractivity contribution in [3.05, 3.63) is 89.0 Å². The number of aryl methyl sites for hydroxylation is 4. The maximum atomic E-state index is 14.4. The van der Waals surface area contributed by atoms with Crippen LogP contribution in [0.1, 0.15) is 113 Å². The number of hydrogen-bond donors (Lipinski definition) is 0. The van der Waals surface area contributed by atoms with E-state index in [1.165, 1.54) is 88.2 Å². The van der Waals surface area contributed by atoms with Gasteiger partial charge in [0.15, 0.2) is 0 Å². The van der Waals surface area contributed by atoms with Crippen molar-refractivity contribution in [3.63, 3.8) is 0 Å². The second-order valence-corrected chi connectivity index (χ2v) is 13.1. The molecular weight excluding hydrogens is 511 g/mol. The molecule has 0 aliphatic rings. The highest BCUT2D eigenvalue weighted by Crippen LogP contribution is 2.49. The van der Waals surface area contributed by atoms with E-state index in [1.54, 1.807) is 0 Å². The second-order valence-electron chi connectivity index (χ2n) is 11.3. The minimum atomic E-state index is -3.67. The maximum Gasteiger partial charge on any atom is 0.462 e. The Morgan fingerprint density at radius 1 is 0.550 bits per heavy atom. The summed E-state index contributed by atoms with van der Waals surface area (Å²) in [6, 6.07) is 21.8. The van der Waals surface area contributed by atoms with Crippen LogP contribution in [-0.4, -0.2) is 0 Å². The molecule has 3 nitrogen and oxygen atoms in total. The molecule has 0 fully saturated rings. The van der Waals surface area contributed by atoms with E-state index in [0.717, 1.165) is 24.0 Å². The van der Waals surface area contributed by atoms with Gasteiger partial charge in [0, 0.05) is 0 Å². The van der Waals surface area contributed by atoms with Crippen molar-refractivity contribution in [2.24, 2.45) is 0 Å². The minimum Gasteiger partial charge on any atom is -0.413 e. The first-order valence-electron chi connectivity index (χ1n) is 15.7. The van der Waals surface area contributed by atoms with Gasteiger partial charge in [0.25, 0.3) is 0 Å². The molecule has 0 heterocycles. The van der Waals surface area contributed by atoms with E-state index in [-0.39, 0.29) is 0 Å². The molecule has 0 N–H and O–H groups in total. The van der Waals surface area contributed by atoms with Crippen LogP contribution >= 0.6 is 7.60 Å². The molecule has 4 heteroatoms. The highest BCUT2D eigenvalue weighted by molar-refractivity contribution is 7.63. The standard InChI is InChI=1S/C36H51O3P/c1-5-7-9-11-13-16-20-32-24-26-35(30(3)28-32)38-40(37,34-22-18-15-19-23-34)39-36-27-25-33(29-31(36)4)21-17-14-12-10-8-6-2/h15,18-19,22-29H,5-14,16-17,20-21H2,1-4H3. The van der Waals surface area contributed by atoms with Crippen LogP contribution in [0.4, 0.5) is 0 Å². The zero-order valence-corrected chi connectivity index (χ0v) is 26.3. The van der Waals surface area contributed by atoms with Crippen molar-refractivity contribution in [3.8, 4) is 11.5 Å². The van der Waals surface area contributed by atoms with Gasteiger partial charge < -0.3 is 9.05 Å². The molecule has 0 unspecified atom stereocenters. The van der Waals surface area contributed by atoms with Gasteiger partial charge in [0.05, 0.1) is 5.30 Å². The zero-order chi connectivity index (χ0) is 28.6. The van der Waals surface area contributed by atoms with Crippen LogP contribution in [0.2, 0.25) is 0 Å². The Hall–Kier alpha value is -2.51. The molecule has 0 bridgehead atoms. The van der Waals surface area contributed by atoms with Gasteiger partial charge in [-0.3, -0.25) is 0 Å². The molecule has 0 radical (unpaired) electrons. The number of unbranched alkanes of at least 4 members (excludes halogenated alkanes) is 10. The molecule has 218 valence electrons. The van der Waals surface area contributed by atoms with Crippen LogP contribution < -0.4 is 14.4 Å². The Bertz CT molecular complexity index is 1120. The van der Waals surface area contributed by atoms with Gasteiger partial charge in [-0.05, 0) is 86.1 Å². The SMILES string of the molecule is CCCCCCCCc1ccc(OP(=O)(Oc2ccc(CCCCCCCC)cc2C)c2ccccc2)c(C)c1. The van der Waals surface area contributed by atoms with Crippen LogP contribution in [-0.2, 0) is 17.4 Å². The van der Waals surface area contributed by atoms with Crippen molar-refractivity contribution >= 4 is 12.9 Å². The fourth-order valence-corrected chi connectivity index (χ4v) is 6.86. The summed E-state index contributed by atoms with van der Waals surface area (Å²) in [5.74, 6) is 1.22. The van der Waals surface area contributed by atoms with Gasteiger partial charge in [0.2, 0.25) is 0 Å². The Morgan fingerprint density at radius 3 is 1.40 bits per heavy atom. The Morgan fingerprint density at radius 2 is 0.975 bits per heavy atom. The van der Waals surface area contributed by atoms with E-state index < -0.39 is 7.60 Å². The van der Waals surface area contributed by atoms with Crippen molar-refractivity contribution < 1.29 is 13.6 Å². The number of rotatable bonds is 19. The highest BCUT2D eigenvalue weighted by atomic mass is 31.2. The summed E-state index contributed by atoms with van der Waals surface area (Å²) in [4.78, 5) is 0. The molecule has 3 aromatic rings. The summed E-state index contributed by atoms with van der Waals surface area (Å²) in [5.41, 5.74) is 4.56. The van der Waals surface area contributed by atoms with E-state index in [9.17, 15) is 4.57 Å². The lowest BCUT2D eigenvalue weighted by Crippen LogP contribution is -2.15. The summed E-state index contributed by atoms with van der Waals surface area (Å²) in [5, 5.41) is 0.557. The van der Waals surface area contributed by atoms with Gasteiger partial charge in [-0.25, -0.2) is 4.57 Å². The molecule has 3 aromatic carbocycles.